The van der Waals surface area contributed by atoms with Gasteiger partial charge in [0, 0.05) is 43.3 Å². The maximum absolute atomic E-state index is 9.96. The van der Waals surface area contributed by atoms with Gasteiger partial charge in [-0.2, -0.15) is 5.10 Å². The van der Waals surface area contributed by atoms with E-state index in [0.29, 0.717) is 6.04 Å². The van der Waals surface area contributed by atoms with Crippen molar-refractivity contribution in [3.8, 4) is 0 Å². The van der Waals surface area contributed by atoms with E-state index < -0.39 is 0 Å². The third-order valence-electron chi connectivity index (χ3n) is 8.07. The van der Waals surface area contributed by atoms with Gasteiger partial charge in [0.05, 0.1) is 41.1 Å². The fourth-order valence-electron chi connectivity index (χ4n) is 6.11. The predicted molar refractivity (Wildman–Crippen MR) is 143 cm³/mol. The molecule has 2 aromatic heterocycles. The number of hydrogen-bond donors (Lipinski definition) is 1. The second kappa shape index (κ2) is 9.37. The van der Waals surface area contributed by atoms with Crippen LogP contribution < -0.4 is 0 Å². The number of aromatic nitrogens is 3. The Hall–Kier alpha value is -3.16. The quantitative estimate of drug-likeness (QED) is 0.710. The van der Waals surface area contributed by atoms with E-state index in [-0.39, 0.29) is 12.5 Å². The van der Waals surface area contributed by atoms with E-state index in [4.69, 9.17) is 5.10 Å². The van der Waals surface area contributed by atoms with Crippen LogP contribution in [0.5, 0.6) is 0 Å². The van der Waals surface area contributed by atoms with Crippen LogP contribution in [0, 0.1) is 19.8 Å². The van der Waals surface area contributed by atoms with Crippen molar-refractivity contribution in [3.63, 3.8) is 0 Å². The largest absolute Gasteiger partial charge is 0.392 e. The molecule has 0 saturated carbocycles. The van der Waals surface area contributed by atoms with E-state index in [1.165, 1.54) is 30.7 Å². The van der Waals surface area contributed by atoms with Gasteiger partial charge in [0.15, 0.2) is 0 Å². The number of rotatable bonds is 3. The summed E-state index contributed by atoms with van der Waals surface area (Å²) in [6.45, 7) is 10.8. The van der Waals surface area contributed by atoms with E-state index in [1.807, 2.05) is 30.6 Å². The summed E-state index contributed by atoms with van der Waals surface area (Å²) in [4.78, 5) is 12.0. The molecular formula is C29H36N6O. The molecule has 0 spiro atoms. The first-order valence-corrected chi connectivity index (χ1v) is 13.2. The highest BCUT2D eigenvalue weighted by atomic mass is 16.2. The second-order valence-electron chi connectivity index (χ2n) is 10.5. The molecule has 0 radical (unpaired) electrons. The van der Waals surface area contributed by atoms with E-state index in [9.17, 15) is 5.11 Å². The first-order valence-electron chi connectivity index (χ1n) is 13.2. The molecule has 0 aromatic carbocycles. The predicted octanol–water partition coefficient (Wildman–Crippen LogP) is 4.02. The summed E-state index contributed by atoms with van der Waals surface area (Å²) in [7, 11) is 0. The second-order valence-corrected chi connectivity index (χ2v) is 10.5. The molecule has 4 aliphatic heterocycles. The van der Waals surface area contributed by atoms with Crippen LogP contribution in [0.1, 0.15) is 43.3 Å². The van der Waals surface area contributed by atoms with Gasteiger partial charge in [-0.25, -0.2) is 4.52 Å². The van der Waals surface area contributed by atoms with Gasteiger partial charge in [0.1, 0.15) is 0 Å². The lowest BCUT2D eigenvalue weighted by Gasteiger charge is -2.41. The maximum Gasteiger partial charge on any atom is 0.0897 e. The highest BCUT2D eigenvalue weighted by molar-refractivity contribution is 5.72. The lowest BCUT2D eigenvalue weighted by molar-refractivity contribution is 0.131. The highest BCUT2D eigenvalue weighted by Crippen LogP contribution is 2.35. The zero-order chi connectivity index (χ0) is 24.8. The lowest BCUT2D eigenvalue weighted by Crippen LogP contribution is -2.49. The molecule has 2 saturated heterocycles. The number of hydrogen-bond acceptors (Lipinski definition) is 6. The number of allylic oxidation sites excluding steroid dienone is 5. The van der Waals surface area contributed by atoms with Crippen LogP contribution in [0.15, 0.2) is 65.9 Å². The van der Waals surface area contributed by atoms with E-state index >= 15 is 0 Å². The number of aryl methyl sites for hydroxylation is 2. The number of fused-ring (bicyclic) bond motifs is 3. The van der Waals surface area contributed by atoms with Gasteiger partial charge < -0.3 is 14.9 Å². The third kappa shape index (κ3) is 4.20. The zero-order valence-corrected chi connectivity index (χ0v) is 21.6. The van der Waals surface area contributed by atoms with Crippen LogP contribution in [0.3, 0.4) is 0 Å². The minimum atomic E-state index is -0.0156. The van der Waals surface area contributed by atoms with Crippen molar-refractivity contribution in [2.75, 3.05) is 32.8 Å². The van der Waals surface area contributed by atoms with Gasteiger partial charge >= 0.3 is 0 Å². The number of aliphatic hydroxyl groups excluding tert-OH is 1. The average molecular weight is 485 g/mol. The summed E-state index contributed by atoms with van der Waals surface area (Å²) in [5, 5.41) is 14.9. The van der Waals surface area contributed by atoms with Crippen LogP contribution in [-0.2, 0) is 0 Å². The van der Waals surface area contributed by atoms with Crippen molar-refractivity contribution in [1.82, 2.24) is 29.3 Å². The Balaban J connectivity index is 1.36. The van der Waals surface area contributed by atoms with Crippen molar-refractivity contribution in [2.24, 2.45) is 5.92 Å². The fourth-order valence-corrected chi connectivity index (χ4v) is 6.11. The van der Waals surface area contributed by atoms with Gasteiger partial charge in [-0.15, -0.1) is 0 Å². The number of piperazine rings is 1. The van der Waals surface area contributed by atoms with Crippen LogP contribution in [0.25, 0.3) is 11.1 Å². The molecule has 36 heavy (non-hydrogen) atoms. The highest BCUT2D eigenvalue weighted by Gasteiger charge is 2.32. The van der Waals surface area contributed by atoms with E-state index in [2.05, 4.69) is 63.2 Å². The van der Waals surface area contributed by atoms with Gasteiger partial charge in [-0.3, -0.25) is 9.88 Å². The molecule has 7 nitrogen and oxygen atoms in total. The molecule has 1 N–H and O–H groups in total. The average Bonchev–Trinajstić information content (AvgIpc) is 3.51. The summed E-state index contributed by atoms with van der Waals surface area (Å²) in [5.74, 6) is 0.287. The summed E-state index contributed by atoms with van der Waals surface area (Å²) in [5.41, 5.74) is 8.50. The first-order chi connectivity index (χ1) is 17.5. The molecule has 0 aliphatic carbocycles. The molecule has 2 aromatic rings. The monoisotopic (exact) mass is 484 g/mol. The van der Waals surface area contributed by atoms with Crippen molar-refractivity contribution in [2.45, 2.75) is 46.1 Å². The Morgan fingerprint density at radius 1 is 1.14 bits per heavy atom. The maximum atomic E-state index is 9.96. The SMILES string of the molecule is Cc1cn2nc(C3=CC(=CCO)N4C=C(N5CCN6CCCC6C5)C=CC4=CCC3C)cc2c(C)n1. The van der Waals surface area contributed by atoms with Crippen LogP contribution in [0.2, 0.25) is 0 Å². The van der Waals surface area contributed by atoms with Crippen LogP contribution >= 0.6 is 0 Å². The van der Waals surface area contributed by atoms with E-state index in [1.54, 1.807) is 0 Å². The first kappa shape index (κ1) is 23.3. The van der Waals surface area contributed by atoms with Gasteiger partial charge in [0.2, 0.25) is 0 Å². The minimum absolute atomic E-state index is 0.0156. The van der Waals surface area contributed by atoms with Crippen LogP contribution in [0.4, 0.5) is 0 Å². The van der Waals surface area contributed by atoms with Crippen molar-refractivity contribution >= 4 is 11.1 Å². The molecule has 6 heterocycles. The van der Waals surface area contributed by atoms with Crippen molar-refractivity contribution in [3.05, 3.63) is 83.0 Å². The molecule has 7 heteroatoms. The molecule has 0 bridgehead atoms. The Kier molecular flexibility index (Phi) is 6.05. The Morgan fingerprint density at radius 3 is 2.86 bits per heavy atom. The summed E-state index contributed by atoms with van der Waals surface area (Å²) >= 11 is 0. The minimum Gasteiger partial charge on any atom is -0.392 e. The topological polar surface area (TPSA) is 60.1 Å². The van der Waals surface area contributed by atoms with Gasteiger partial charge in [-0.1, -0.05) is 13.0 Å². The molecule has 188 valence electrons. The van der Waals surface area contributed by atoms with Crippen molar-refractivity contribution in [1.29, 1.82) is 0 Å². The molecule has 6 rings (SSSR count). The molecule has 0 amide bonds. The smallest absolute Gasteiger partial charge is 0.0897 e. The normalized spacial score (nSPS) is 25.9. The van der Waals surface area contributed by atoms with Gasteiger partial charge in [-0.05, 0) is 81.5 Å². The molecule has 2 fully saturated rings. The van der Waals surface area contributed by atoms with Crippen molar-refractivity contribution < 1.29 is 5.11 Å². The Morgan fingerprint density at radius 2 is 2.00 bits per heavy atom. The molecule has 2 atom stereocenters. The Labute approximate surface area is 213 Å². The molecule has 2 unspecified atom stereocenters. The van der Waals surface area contributed by atoms with Gasteiger partial charge in [0.25, 0.3) is 0 Å². The molecule has 4 aliphatic rings. The summed E-state index contributed by atoms with van der Waals surface area (Å²) in [6, 6.07) is 2.82. The molecular weight excluding hydrogens is 448 g/mol. The number of aliphatic hydroxyl groups is 1. The third-order valence-corrected chi connectivity index (χ3v) is 8.07. The Bertz CT molecular complexity index is 1330. The van der Waals surface area contributed by atoms with E-state index in [0.717, 1.165) is 60.0 Å². The summed E-state index contributed by atoms with van der Waals surface area (Å²) < 4.78 is 1.94. The number of nitrogens with zero attached hydrogens (tertiary/aromatic N) is 6. The fraction of sp³-hybridized carbons (Fsp3) is 0.448. The standard InChI is InChI=1S/C29H36N6O/c1-20-6-7-23-8-9-26(33-13-12-32-11-4-5-25(32)18-33)19-34(23)24(10-14-36)15-27(20)28-16-29-22(3)30-21(2)17-35(29)31-28/h7-10,15-17,19-20,25,36H,4-6,11-14,18H2,1-3H3. The zero-order valence-electron chi connectivity index (χ0n) is 21.6. The van der Waals surface area contributed by atoms with Crippen LogP contribution in [-0.4, -0.2) is 73.2 Å². The lowest BCUT2D eigenvalue weighted by atomic mass is 9.91. The summed E-state index contributed by atoms with van der Waals surface area (Å²) in [6.07, 6.45) is 18.7.